The van der Waals surface area contributed by atoms with Crippen molar-refractivity contribution in [2.24, 2.45) is 0 Å². The summed E-state index contributed by atoms with van der Waals surface area (Å²) in [5.74, 6) is 0.906. The van der Waals surface area contributed by atoms with Crippen LogP contribution < -0.4 is 4.74 Å². The number of carbonyl (C=O) groups is 2. The minimum atomic E-state index is -0.0605. The Hall–Kier alpha value is -3.32. The van der Waals surface area contributed by atoms with Gasteiger partial charge in [-0.1, -0.05) is 0 Å². The van der Waals surface area contributed by atoms with Crippen LogP contribution in [0.1, 0.15) is 65.8 Å². The second-order valence-corrected chi connectivity index (χ2v) is 11.0. The molecule has 1 aromatic heterocycles. The molecule has 1 atom stereocenters. The highest BCUT2D eigenvalue weighted by Gasteiger charge is 2.25. The van der Waals surface area contributed by atoms with Gasteiger partial charge in [0.25, 0.3) is 11.8 Å². The first-order valence-corrected chi connectivity index (χ1v) is 14.0. The predicted molar refractivity (Wildman–Crippen MR) is 151 cm³/mol. The van der Waals surface area contributed by atoms with Crippen LogP contribution in [0.3, 0.4) is 0 Å². The first kappa shape index (κ1) is 26.3. The SMILES string of the molecule is C[C@@H]1CCCN1CCCOc1ccc2c(ccn2C2CCN(C(=O)c3ccc(C(=O)N(C)C)cc3)CC2)c1. The molecule has 2 aliphatic rings. The lowest BCUT2D eigenvalue weighted by atomic mass is 10.0. The second kappa shape index (κ2) is 11.6. The summed E-state index contributed by atoms with van der Waals surface area (Å²) in [7, 11) is 3.45. The Labute approximate surface area is 225 Å². The summed E-state index contributed by atoms with van der Waals surface area (Å²) in [6.45, 7) is 6.85. The maximum atomic E-state index is 13.1. The van der Waals surface area contributed by atoms with E-state index in [9.17, 15) is 9.59 Å². The number of ether oxygens (including phenoxy) is 1. The highest BCUT2D eigenvalue weighted by molar-refractivity contribution is 5.97. The van der Waals surface area contributed by atoms with Crippen LogP contribution in [0.4, 0.5) is 0 Å². The summed E-state index contributed by atoms with van der Waals surface area (Å²) in [5.41, 5.74) is 2.44. The minimum absolute atomic E-state index is 0.0330. The van der Waals surface area contributed by atoms with E-state index in [1.54, 1.807) is 38.4 Å². The lowest BCUT2D eigenvalue weighted by Crippen LogP contribution is -2.39. The van der Waals surface area contributed by atoms with Crippen LogP contribution in [0, 0.1) is 0 Å². The molecule has 0 bridgehead atoms. The molecule has 7 heteroatoms. The molecule has 2 aromatic carbocycles. The maximum Gasteiger partial charge on any atom is 0.253 e. The molecule has 2 aliphatic heterocycles. The van der Waals surface area contributed by atoms with E-state index in [1.807, 2.05) is 4.90 Å². The Bertz CT molecular complexity index is 1260. The van der Waals surface area contributed by atoms with Gasteiger partial charge in [-0.2, -0.15) is 0 Å². The Kier molecular flexibility index (Phi) is 8.03. The van der Waals surface area contributed by atoms with Crippen molar-refractivity contribution < 1.29 is 14.3 Å². The Morgan fingerprint density at radius 2 is 1.68 bits per heavy atom. The molecular weight excluding hydrogens is 476 g/mol. The van der Waals surface area contributed by atoms with Gasteiger partial charge in [0, 0.05) is 74.0 Å². The Balaban J connectivity index is 1.14. The fourth-order valence-corrected chi connectivity index (χ4v) is 5.88. The summed E-state index contributed by atoms with van der Waals surface area (Å²) >= 11 is 0. The van der Waals surface area contributed by atoms with Crippen molar-refractivity contribution in [3.8, 4) is 5.75 Å². The largest absolute Gasteiger partial charge is 0.494 e. The molecule has 0 spiro atoms. The van der Waals surface area contributed by atoms with Crippen LogP contribution in [0.5, 0.6) is 5.75 Å². The lowest BCUT2D eigenvalue weighted by Gasteiger charge is -2.33. The molecule has 2 fully saturated rings. The van der Waals surface area contributed by atoms with Gasteiger partial charge in [0.05, 0.1) is 6.61 Å². The average Bonchev–Trinajstić information content (AvgIpc) is 3.55. The maximum absolute atomic E-state index is 13.1. The van der Waals surface area contributed by atoms with E-state index in [4.69, 9.17) is 4.74 Å². The van der Waals surface area contributed by atoms with Crippen LogP contribution in [-0.4, -0.2) is 84.0 Å². The van der Waals surface area contributed by atoms with Gasteiger partial charge < -0.3 is 24.0 Å². The number of nitrogens with zero attached hydrogens (tertiary/aromatic N) is 4. The third kappa shape index (κ3) is 5.73. The quantitative estimate of drug-likeness (QED) is 0.392. The first-order valence-electron chi connectivity index (χ1n) is 14.0. The number of amides is 2. The van der Waals surface area contributed by atoms with E-state index >= 15 is 0 Å². The molecule has 0 radical (unpaired) electrons. The number of piperidine rings is 1. The van der Waals surface area contributed by atoms with E-state index in [0.29, 0.717) is 23.2 Å². The number of benzene rings is 2. The lowest BCUT2D eigenvalue weighted by molar-refractivity contribution is 0.0695. The molecule has 202 valence electrons. The van der Waals surface area contributed by atoms with Crippen LogP contribution >= 0.6 is 0 Å². The van der Waals surface area contributed by atoms with Gasteiger partial charge in [0.2, 0.25) is 0 Å². The third-order valence-corrected chi connectivity index (χ3v) is 8.17. The van der Waals surface area contributed by atoms with Crippen molar-refractivity contribution in [3.05, 3.63) is 65.9 Å². The van der Waals surface area contributed by atoms with Crippen LogP contribution in [0.15, 0.2) is 54.7 Å². The van der Waals surface area contributed by atoms with Gasteiger partial charge in [0.1, 0.15) is 5.75 Å². The smallest absolute Gasteiger partial charge is 0.253 e. The zero-order chi connectivity index (χ0) is 26.6. The summed E-state index contributed by atoms with van der Waals surface area (Å²) in [6, 6.07) is 16.6. The number of likely N-dealkylation sites (tertiary alicyclic amines) is 2. The van der Waals surface area contributed by atoms with Crippen molar-refractivity contribution in [2.45, 2.75) is 51.1 Å². The molecule has 0 N–H and O–H groups in total. The zero-order valence-electron chi connectivity index (χ0n) is 22.9. The molecule has 2 saturated heterocycles. The summed E-state index contributed by atoms with van der Waals surface area (Å²) < 4.78 is 8.44. The van der Waals surface area contributed by atoms with Gasteiger partial charge in [-0.05, 0) is 94.1 Å². The number of aromatic nitrogens is 1. The summed E-state index contributed by atoms with van der Waals surface area (Å²) in [6.07, 6.45) is 7.70. The first-order chi connectivity index (χ1) is 18.4. The zero-order valence-corrected chi connectivity index (χ0v) is 22.9. The fourth-order valence-electron chi connectivity index (χ4n) is 5.88. The van der Waals surface area contributed by atoms with E-state index < -0.39 is 0 Å². The second-order valence-electron chi connectivity index (χ2n) is 11.0. The monoisotopic (exact) mass is 516 g/mol. The third-order valence-electron chi connectivity index (χ3n) is 8.17. The van der Waals surface area contributed by atoms with Crippen molar-refractivity contribution >= 4 is 22.7 Å². The minimum Gasteiger partial charge on any atom is -0.494 e. The molecule has 2 amide bonds. The van der Waals surface area contributed by atoms with E-state index in [2.05, 4.69) is 46.9 Å². The van der Waals surface area contributed by atoms with Crippen LogP contribution in [-0.2, 0) is 0 Å². The highest BCUT2D eigenvalue weighted by Crippen LogP contribution is 2.30. The van der Waals surface area contributed by atoms with Gasteiger partial charge >= 0.3 is 0 Å². The standard InChI is InChI=1S/C31H40N4O3/c1-23-6-4-16-33(23)17-5-21-38-28-11-12-29-26(22-28)13-20-35(29)27-14-18-34(19-15-27)31(37)25-9-7-24(8-10-25)30(36)32(2)3/h7-13,20,22-23,27H,4-6,14-19,21H2,1-3H3/t23-/m1/s1. The number of rotatable bonds is 8. The molecule has 7 nitrogen and oxygen atoms in total. The van der Waals surface area contributed by atoms with Gasteiger partial charge in [-0.25, -0.2) is 0 Å². The molecule has 0 saturated carbocycles. The van der Waals surface area contributed by atoms with Crippen molar-refractivity contribution in [2.75, 3.05) is 46.9 Å². The average molecular weight is 517 g/mol. The summed E-state index contributed by atoms with van der Waals surface area (Å²) in [5, 5.41) is 1.20. The number of hydrogen-bond donors (Lipinski definition) is 0. The van der Waals surface area contributed by atoms with E-state index in [-0.39, 0.29) is 11.8 Å². The van der Waals surface area contributed by atoms with E-state index in [0.717, 1.165) is 51.3 Å². The number of hydrogen-bond acceptors (Lipinski definition) is 4. The summed E-state index contributed by atoms with van der Waals surface area (Å²) in [4.78, 5) is 31.2. The molecular formula is C31H40N4O3. The number of carbonyl (C=O) groups excluding carboxylic acids is 2. The van der Waals surface area contributed by atoms with Crippen molar-refractivity contribution in [1.29, 1.82) is 0 Å². The van der Waals surface area contributed by atoms with Crippen LogP contribution in [0.25, 0.3) is 10.9 Å². The molecule has 5 rings (SSSR count). The van der Waals surface area contributed by atoms with Gasteiger partial charge in [0.15, 0.2) is 0 Å². The van der Waals surface area contributed by atoms with Gasteiger partial charge in [-0.15, -0.1) is 0 Å². The highest BCUT2D eigenvalue weighted by atomic mass is 16.5. The van der Waals surface area contributed by atoms with Crippen molar-refractivity contribution in [3.63, 3.8) is 0 Å². The van der Waals surface area contributed by atoms with Crippen LogP contribution in [0.2, 0.25) is 0 Å². The molecule has 38 heavy (non-hydrogen) atoms. The van der Waals surface area contributed by atoms with Crippen molar-refractivity contribution in [1.82, 2.24) is 19.3 Å². The molecule has 3 aromatic rings. The normalized spacial score (nSPS) is 18.7. The van der Waals surface area contributed by atoms with Gasteiger partial charge in [-0.3, -0.25) is 9.59 Å². The molecule has 3 heterocycles. The van der Waals surface area contributed by atoms with E-state index in [1.165, 1.54) is 35.2 Å². The Morgan fingerprint density at radius 1 is 0.947 bits per heavy atom. The number of fused-ring (bicyclic) bond motifs is 1. The molecule has 0 unspecified atom stereocenters. The predicted octanol–water partition coefficient (Wildman–Crippen LogP) is 5.07. The Morgan fingerprint density at radius 3 is 2.37 bits per heavy atom. The topological polar surface area (TPSA) is 58.0 Å². The molecule has 0 aliphatic carbocycles. The fraction of sp³-hybridized carbons (Fsp3) is 0.484.